The lowest BCUT2D eigenvalue weighted by atomic mass is 10.0. The Hall–Kier alpha value is -1.76. The maximum Gasteiger partial charge on any atom is 0.161 e. The Labute approximate surface area is 212 Å². The number of nitrogens with one attached hydrogen (secondary N) is 2. The van der Waals surface area contributed by atoms with Crippen molar-refractivity contribution >= 4 is 65.9 Å². The quantitative estimate of drug-likeness (QED) is 0.188. The van der Waals surface area contributed by atoms with Gasteiger partial charge in [0.15, 0.2) is 17.5 Å². The Morgan fingerprint density at radius 2 is 2.03 bits per heavy atom. The third kappa shape index (κ3) is 6.65. The topological polar surface area (TPSA) is 52.7 Å². The molecule has 1 aliphatic rings. The SMILES string of the molecule is CN(SONc1cscn1)c1c(F)cc(NCc2c(Cl)cccc2CN2CCC2)cc1F.S. The molecule has 2 N–H and O–H groups in total. The van der Waals surface area contributed by atoms with Crippen LogP contribution in [0, 0.1) is 11.6 Å². The Balaban J connectivity index is 0.00000306. The van der Waals surface area contributed by atoms with E-state index in [0.717, 1.165) is 43.0 Å². The molecule has 1 fully saturated rings. The number of benzene rings is 2. The van der Waals surface area contributed by atoms with Gasteiger partial charge in [-0.2, -0.15) is 17.8 Å². The average Bonchev–Trinajstić information content (AvgIpc) is 3.23. The summed E-state index contributed by atoms with van der Waals surface area (Å²) < 4.78 is 35.9. The molecule has 0 unspecified atom stereocenters. The van der Waals surface area contributed by atoms with Crippen LogP contribution in [-0.2, 0) is 17.4 Å². The summed E-state index contributed by atoms with van der Waals surface area (Å²) >= 11 is 8.57. The van der Waals surface area contributed by atoms with Crippen LogP contribution < -0.4 is 15.1 Å². The highest BCUT2D eigenvalue weighted by atomic mass is 35.5. The zero-order valence-electron chi connectivity index (χ0n) is 17.8. The molecule has 33 heavy (non-hydrogen) atoms. The summed E-state index contributed by atoms with van der Waals surface area (Å²) in [5.74, 6) is -0.899. The summed E-state index contributed by atoms with van der Waals surface area (Å²) in [6, 6.07) is 8.31. The second-order valence-corrected chi connectivity index (χ2v) is 9.27. The van der Waals surface area contributed by atoms with Gasteiger partial charge in [0.05, 0.1) is 5.51 Å². The summed E-state index contributed by atoms with van der Waals surface area (Å²) in [4.78, 5) is 6.33. The van der Waals surface area contributed by atoms with Crippen molar-refractivity contribution in [1.29, 1.82) is 0 Å². The molecule has 1 saturated heterocycles. The maximum absolute atomic E-state index is 14.7. The van der Waals surface area contributed by atoms with Crippen LogP contribution in [0.2, 0.25) is 5.02 Å². The van der Waals surface area contributed by atoms with Crippen LogP contribution in [0.1, 0.15) is 17.5 Å². The summed E-state index contributed by atoms with van der Waals surface area (Å²) in [6.45, 7) is 3.33. The van der Waals surface area contributed by atoms with Crippen molar-refractivity contribution in [2.24, 2.45) is 0 Å². The van der Waals surface area contributed by atoms with Crippen LogP contribution in [0.4, 0.5) is 26.0 Å². The highest BCUT2D eigenvalue weighted by Gasteiger charge is 2.19. The fourth-order valence-corrected chi connectivity index (χ4v) is 4.52. The first kappa shape index (κ1) is 25.9. The smallest absolute Gasteiger partial charge is 0.161 e. The van der Waals surface area contributed by atoms with Crippen molar-refractivity contribution < 1.29 is 13.1 Å². The van der Waals surface area contributed by atoms with Crippen LogP contribution in [0.25, 0.3) is 0 Å². The molecule has 0 spiro atoms. The standard InChI is InChI=1S/C21H22ClF2N5OS2.H2S/c1-28(32-30-27-20-12-31-13-26-20)21-18(23)8-15(9-19(21)24)25-10-16-14(4-2-5-17(16)22)11-29-6-3-7-29;/h2,4-5,8-9,12-13,25,27H,3,6-7,10-11H2,1H3;1H2. The van der Waals surface area contributed by atoms with Gasteiger partial charge in [-0.1, -0.05) is 23.7 Å². The van der Waals surface area contributed by atoms with Crippen molar-refractivity contribution in [1.82, 2.24) is 9.88 Å². The lowest BCUT2D eigenvalue weighted by Gasteiger charge is -2.31. The van der Waals surface area contributed by atoms with Gasteiger partial charge in [0.1, 0.15) is 17.9 Å². The van der Waals surface area contributed by atoms with Crippen LogP contribution in [0.3, 0.4) is 0 Å². The van der Waals surface area contributed by atoms with E-state index in [9.17, 15) is 8.78 Å². The van der Waals surface area contributed by atoms with Gasteiger partial charge in [-0.25, -0.2) is 19.2 Å². The highest BCUT2D eigenvalue weighted by molar-refractivity contribution is 7.96. The number of halogens is 3. The van der Waals surface area contributed by atoms with E-state index < -0.39 is 11.6 Å². The van der Waals surface area contributed by atoms with Gasteiger partial charge in [0, 0.05) is 36.2 Å². The average molecular weight is 532 g/mol. The lowest BCUT2D eigenvalue weighted by Crippen LogP contribution is -2.36. The first-order valence-corrected chi connectivity index (χ1v) is 12.0. The number of likely N-dealkylation sites (tertiary alicyclic amines) is 1. The van der Waals surface area contributed by atoms with Gasteiger partial charge >= 0.3 is 0 Å². The van der Waals surface area contributed by atoms with E-state index >= 15 is 0 Å². The number of hydrogen-bond acceptors (Lipinski definition) is 8. The molecule has 2 heterocycles. The molecular weight excluding hydrogens is 508 g/mol. The van der Waals surface area contributed by atoms with E-state index in [-0.39, 0.29) is 19.2 Å². The zero-order valence-corrected chi connectivity index (χ0v) is 21.2. The van der Waals surface area contributed by atoms with Gasteiger partial charge in [-0.15, -0.1) is 11.3 Å². The number of thiazole rings is 1. The molecule has 4 rings (SSSR count). The summed E-state index contributed by atoms with van der Waals surface area (Å²) in [7, 11) is 1.51. The van der Waals surface area contributed by atoms with Crippen molar-refractivity contribution in [2.45, 2.75) is 19.5 Å². The van der Waals surface area contributed by atoms with Crippen molar-refractivity contribution in [3.05, 3.63) is 69.0 Å². The van der Waals surface area contributed by atoms with E-state index in [1.807, 2.05) is 18.2 Å². The number of rotatable bonds is 10. The van der Waals surface area contributed by atoms with Crippen LogP contribution in [0.15, 0.2) is 41.2 Å². The minimum absolute atomic E-state index is 0. The predicted molar refractivity (Wildman–Crippen MR) is 138 cm³/mol. The molecule has 1 aromatic heterocycles. The van der Waals surface area contributed by atoms with Crippen molar-refractivity contribution in [3.63, 3.8) is 0 Å². The number of aromatic nitrogens is 1. The van der Waals surface area contributed by atoms with Crippen LogP contribution >= 0.6 is 48.7 Å². The molecule has 178 valence electrons. The normalized spacial score (nSPS) is 13.2. The number of hydrogen-bond donors (Lipinski definition) is 2. The van der Waals surface area contributed by atoms with Crippen molar-refractivity contribution in [3.8, 4) is 0 Å². The molecule has 0 aliphatic carbocycles. The third-order valence-electron chi connectivity index (χ3n) is 5.09. The van der Waals surface area contributed by atoms with Gasteiger partial charge < -0.3 is 5.32 Å². The third-order valence-corrected chi connectivity index (χ3v) is 6.59. The van der Waals surface area contributed by atoms with Crippen molar-refractivity contribution in [2.75, 3.05) is 35.2 Å². The minimum atomic E-state index is -0.709. The molecule has 0 atom stereocenters. The maximum atomic E-state index is 14.7. The predicted octanol–water partition coefficient (Wildman–Crippen LogP) is 6.05. The second-order valence-electron chi connectivity index (χ2n) is 7.28. The Morgan fingerprint density at radius 3 is 2.67 bits per heavy atom. The van der Waals surface area contributed by atoms with E-state index in [4.69, 9.17) is 15.9 Å². The summed E-state index contributed by atoms with van der Waals surface area (Å²) in [6.07, 6.45) is 1.21. The van der Waals surface area contributed by atoms with Gasteiger partial charge in [-0.3, -0.25) is 9.21 Å². The van der Waals surface area contributed by atoms with Gasteiger partial charge in [0.25, 0.3) is 0 Å². The first-order chi connectivity index (χ1) is 15.5. The van der Waals surface area contributed by atoms with E-state index in [0.29, 0.717) is 23.1 Å². The molecule has 0 saturated carbocycles. The Kier molecular flexibility index (Phi) is 9.47. The van der Waals surface area contributed by atoms with Gasteiger partial charge in [0.2, 0.25) is 0 Å². The largest absolute Gasteiger partial charge is 0.381 e. The first-order valence-electron chi connectivity index (χ1n) is 9.94. The monoisotopic (exact) mass is 531 g/mol. The molecule has 0 radical (unpaired) electrons. The van der Waals surface area contributed by atoms with Gasteiger partial charge in [-0.05, 0) is 48.8 Å². The number of nitrogens with zero attached hydrogens (tertiary/aromatic N) is 3. The molecule has 3 aromatic rings. The number of anilines is 3. The molecule has 12 heteroatoms. The Bertz CT molecular complexity index is 1030. The van der Waals surface area contributed by atoms with E-state index in [1.54, 1.807) is 10.9 Å². The highest BCUT2D eigenvalue weighted by Crippen LogP contribution is 2.31. The second kappa shape index (κ2) is 12.1. The van der Waals surface area contributed by atoms with E-state index in [1.165, 1.54) is 41.2 Å². The zero-order chi connectivity index (χ0) is 22.5. The van der Waals surface area contributed by atoms with E-state index in [2.05, 4.69) is 20.7 Å². The molecule has 2 aromatic carbocycles. The lowest BCUT2D eigenvalue weighted by molar-refractivity contribution is 0.172. The molecule has 1 aliphatic heterocycles. The Morgan fingerprint density at radius 1 is 1.27 bits per heavy atom. The fraction of sp³-hybridized carbons (Fsp3) is 0.286. The summed E-state index contributed by atoms with van der Waals surface area (Å²) in [5, 5.41) is 5.48. The molecular formula is C21H24ClF2N5OS3. The molecule has 6 nitrogen and oxygen atoms in total. The van der Waals surface area contributed by atoms with Crippen LogP contribution in [0.5, 0.6) is 0 Å². The molecule has 0 amide bonds. The van der Waals surface area contributed by atoms with Crippen LogP contribution in [-0.4, -0.2) is 30.0 Å². The fourth-order valence-electron chi connectivity index (χ4n) is 3.31. The summed E-state index contributed by atoms with van der Waals surface area (Å²) in [5.41, 5.74) is 6.40. The minimum Gasteiger partial charge on any atom is -0.381 e. The molecule has 0 bridgehead atoms.